The van der Waals surface area contributed by atoms with Gasteiger partial charge in [0, 0.05) is 6.42 Å². The van der Waals surface area contributed by atoms with Crippen LogP contribution in [-0.4, -0.2) is 25.3 Å². The van der Waals surface area contributed by atoms with E-state index in [0.29, 0.717) is 0 Å². The fourth-order valence-corrected chi connectivity index (χ4v) is 2.90. The van der Waals surface area contributed by atoms with E-state index >= 15 is 0 Å². The van der Waals surface area contributed by atoms with Gasteiger partial charge in [0.2, 0.25) is 0 Å². The second kappa shape index (κ2) is 6.31. The Hall–Kier alpha value is -1.48. The van der Waals surface area contributed by atoms with Crippen molar-refractivity contribution in [1.29, 1.82) is 0 Å². The molecule has 2 atom stereocenters. The van der Waals surface area contributed by atoms with Gasteiger partial charge in [0.1, 0.15) is 23.7 Å². The highest BCUT2D eigenvalue weighted by molar-refractivity contribution is 5.38. The topological polar surface area (TPSA) is 30.5 Å². The Bertz CT molecular complexity index is 459. The summed E-state index contributed by atoms with van der Waals surface area (Å²) < 4.78 is 12.0. The number of fused-ring (bicyclic) bond motifs is 1. The predicted octanol–water partition coefficient (Wildman–Crippen LogP) is 3.05. The molecule has 2 unspecified atom stereocenters. The van der Waals surface area contributed by atoms with Gasteiger partial charge >= 0.3 is 0 Å². The lowest BCUT2D eigenvalue weighted by Gasteiger charge is -2.28. The lowest BCUT2D eigenvalue weighted by atomic mass is 10.0. The van der Waals surface area contributed by atoms with Crippen LogP contribution in [0.2, 0.25) is 0 Å². The minimum atomic E-state index is 0.142. The number of nitrogens with one attached hydrogen (secondary N) is 1. The lowest BCUT2D eigenvalue weighted by molar-refractivity contribution is 0.115. The molecule has 20 heavy (non-hydrogen) atoms. The van der Waals surface area contributed by atoms with E-state index in [1.54, 1.807) is 0 Å². The molecule has 2 heterocycles. The molecule has 0 saturated heterocycles. The number of hydrogen-bond donors (Lipinski definition) is 1. The van der Waals surface area contributed by atoms with E-state index in [4.69, 9.17) is 9.47 Å². The first-order valence-electron chi connectivity index (χ1n) is 7.69. The van der Waals surface area contributed by atoms with Gasteiger partial charge in [-0.25, -0.2) is 0 Å². The molecule has 2 aliphatic heterocycles. The molecule has 0 radical (unpaired) electrons. The normalized spacial score (nSPS) is 22.4. The minimum absolute atomic E-state index is 0.142. The van der Waals surface area contributed by atoms with Crippen molar-refractivity contribution in [3.8, 4) is 5.75 Å². The van der Waals surface area contributed by atoms with Crippen molar-refractivity contribution in [1.82, 2.24) is 5.32 Å². The zero-order valence-electron chi connectivity index (χ0n) is 12.1. The van der Waals surface area contributed by atoms with E-state index in [9.17, 15) is 0 Å². The maximum Gasteiger partial charge on any atom is 0.125 e. The number of rotatable bonds is 5. The van der Waals surface area contributed by atoms with Crippen molar-refractivity contribution in [3.63, 3.8) is 0 Å². The number of allylic oxidation sites excluding steroid dienone is 1. The Kier molecular flexibility index (Phi) is 4.26. The van der Waals surface area contributed by atoms with E-state index in [1.807, 2.05) is 6.07 Å². The van der Waals surface area contributed by atoms with Gasteiger partial charge in [0.25, 0.3) is 0 Å². The quantitative estimate of drug-likeness (QED) is 0.894. The second-order valence-electron chi connectivity index (χ2n) is 5.50. The number of benzene rings is 1. The van der Waals surface area contributed by atoms with Gasteiger partial charge in [-0.15, -0.1) is 0 Å². The fourth-order valence-electron chi connectivity index (χ4n) is 2.90. The first-order valence-corrected chi connectivity index (χ1v) is 7.69. The summed E-state index contributed by atoms with van der Waals surface area (Å²) in [5.74, 6) is 2.10. The summed E-state index contributed by atoms with van der Waals surface area (Å²) in [4.78, 5) is 0. The largest absolute Gasteiger partial charge is 0.496 e. The lowest BCUT2D eigenvalue weighted by Crippen LogP contribution is -2.45. The average Bonchev–Trinajstić information content (AvgIpc) is 2.92. The van der Waals surface area contributed by atoms with Gasteiger partial charge in [-0.2, -0.15) is 0 Å². The van der Waals surface area contributed by atoms with Gasteiger partial charge in [-0.3, -0.25) is 0 Å². The molecule has 3 nitrogen and oxygen atoms in total. The van der Waals surface area contributed by atoms with E-state index in [2.05, 4.69) is 36.5 Å². The van der Waals surface area contributed by atoms with Gasteiger partial charge in [-0.05, 0) is 43.5 Å². The summed E-state index contributed by atoms with van der Waals surface area (Å²) >= 11 is 0. The molecule has 0 saturated carbocycles. The minimum Gasteiger partial charge on any atom is -0.496 e. The van der Waals surface area contributed by atoms with Crippen LogP contribution in [0.25, 0.3) is 0 Å². The van der Waals surface area contributed by atoms with Crippen LogP contribution in [-0.2, 0) is 11.2 Å². The molecule has 108 valence electrons. The van der Waals surface area contributed by atoms with Crippen LogP contribution in [0, 0.1) is 0 Å². The van der Waals surface area contributed by atoms with Crippen molar-refractivity contribution in [2.75, 3.05) is 13.2 Å². The van der Waals surface area contributed by atoms with Crippen LogP contribution in [0.1, 0.15) is 31.7 Å². The van der Waals surface area contributed by atoms with Crippen molar-refractivity contribution < 1.29 is 9.47 Å². The molecule has 1 aromatic carbocycles. The van der Waals surface area contributed by atoms with Crippen molar-refractivity contribution in [2.45, 2.75) is 44.8 Å². The number of ether oxygens (including phenoxy) is 2. The Labute approximate surface area is 121 Å². The van der Waals surface area contributed by atoms with Gasteiger partial charge in [0.15, 0.2) is 0 Å². The third-order valence-corrected chi connectivity index (χ3v) is 3.93. The van der Waals surface area contributed by atoms with Crippen molar-refractivity contribution in [3.05, 3.63) is 41.7 Å². The monoisotopic (exact) mass is 273 g/mol. The van der Waals surface area contributed by atoms with Crippen molar-refractivity contribution >= 4 is 0 Å². The zero-order chi connectivity index (χ0) is 13.8. The molecule has 0 spiro atoms. The molecule has 2 aliphatic rings. The maximum absolute atomic E-state index is 6.14. The Morgan fingerprint density at radius 3 is 3.00 bits per heavy atom. The summed E-state index contributed by atoms with van der Waals surface area (Å²) in [6.07, 6.45) is 6.67. The molecule has 3 heteroatoms. The Morgan fingerprint density at radius 1 is 1.35 bits per heavy atom. The fraction of sp³-hybridized carbons (Fsp3) is 0.529. The van der Waals surface area contributed by atoms with Crippen LogP contribution < -0.4 is 10.1 Å². The van der Waals surface area contributed by atoms with E-state index in [-0.39, 0.29) is 12.1 Å². The molecule has 0 bridgehead atoms. The summed E-state index contributed by atoms with van der Waals surface area (Å²) in [6, 6.07) is 8.49. The molecule has 3 rings (SSSR count). The highest BCUT2D eigenvalue weighted by Gasteiger charge is 2.33. The molecule has 1 N–H and O–H groups in total. The molecule has 0 amide bonds. The molecule has 1 aromatic rings. The van der Waals surface area contributed by atoms with Crippen LogP contribution in [0.4, 0.5) is 0 Å². The van der Waals surface area contributed by atoms with E-state index < -0.39 is 0 Å². The smallest absolute Gasteiger partial charge is 0.125 e. The molecule has 0 fully saturated rings. The van der Waals surface area contributed by atoms with E-state index in [0.717, 1.165) is 50.3 Å². The summed E-state index contributed by atoms with van der Waals surface area (Å²) in [5.41, 5.74) is 1.30. The highest BCUT2D eigenvalue weighted by atomic mass is 16.5. The van der Waals surface area contributed by atoms with Gasteiger partial charge in [0.05, 0.1) is 6.61 Å². The van der Waals surface area contributed by atoms with Gasteiger partial charge < -0.3 is 14.8 Å². The third-order valence-electron chi connectivity index (χ3n) is 3.93. The maximum atomic E-state index is 6.14. The first-order chi connectivity index (χ1) is 9.88. The van der Waals surface area contributed by atoms with Crippen LogP contribution in [0.5, 0.6) is 5.75 Å². The molecular weight excluding hydrogens is 250 g/mol. The average molecular weight is 273 g/mol. The van der Waals surface area contributed by atoms with Crippen molar-refractivity contribution in [2.24, 2.45) is 0 Å². The highest BCUT2D eigenvalue weighted by Crippen LogP contribution is 2.31. The second-order valence-corrected chi connectivity index (χ2v) is 5.50. The Morgan fingerprint density at radius 2 is 2.25 bits per heavy atom. The number of para-hydroxylation sites is 1. The van der Waals surface area contributed by atoms with E-state index in [1.165, 1.54) is 5.56 Å². The summed E-state index contributed by atoms with van der Waals surface area (Å²) in [5, 5.41) is 3.60. The Balaban J connectivity index is 1.75. The van der Waals surface area contributed by atoms with Crippen LogP contribution in [0.15, 0.2) is 36.1 Å². The predicted molar refractivity (Wildman–Crippen MR) is 79.9 cm³/mol. The third kappa shape index (κ3) is 2.83. The summed E-state index contributed by atoms with van der Waals surface area (Å²) in [7, 11) is 0. The van der Waals surface area contributed by atoms with Crippen LogP contribution in [0.3, 0.4) is 0 Å². The van der Waals surface area contributed by atoms with Gasteiger partial charge in [-0.1, -0.05) is 25.1 Å². The molecular formula is C17H23NO2. The zero-order valence-corrected chi connectivity index (χ0v) is 12.1. The SMILES string of the molecule is CCCNC(C1=CCCCO1)C1Cc2ccccc2O1. The number of hydrogen-bond acceptors (Lipinski definition) is 3. The standard InChI is InChI=1S/C17H23NO2/c1-2-10-18-17(15-9-5-6-11-19-15)16-12-13-7-3-4-8-14(13)20-16/h3-4,7-9,16-18H,2,5-6,10-12H2,1H3. The first kappa shape index (κ1) is 13.5. The van der Waals surface area contributed by atoms with Crippen LogP contribution >= 0.6 is 0 Å². The molecule has 0 aromatic heterocycles. The summed E-state index contributed by atoms with van der Waals surface area (Å²) in [6.45, 7) is 4.00. The molecule has 0 aliphatic carbocycles.